The Morgan fingerprint density at radius 3 is 2.14 bits per heavy atom. The van der Waals surface area contributed by atoms with E-state index in [1.807, 2.05) is 0 Å². The zero-order chi connectivity index (χ0) is 15.2. The van der Waals surface area contributed by atoms with Crippen LogP contribution < -0.4 is 4.74 Å². The topological polar surface area (TPSA) is 12.5 Å². The maximum absolute atomic E-state index is 6.89. The number of fused-ring (bicyclic) bond motifs is 1. The van der Waals surface area contributed by atoms with Gasteiger partial charge in [-0.25, -0.2) is 0 Å². The fourth-order valence-corrected chi connectivity index (χ4v) is 6.12. The van der Waals surface area contributed by atoms with Crippen molar-refractivity contribution in [2.45, 2.75) is 52.6 Å². The fourth-order valence-electron chi connectivity index (χ4n) is 6.12. The molecule has 22 heavy (non-hydrogen) atoms. The van der Waals surface area contributed by atoms with Gasteiger partial charge in [-0.3, -0.25) is 0 Å². The summed E-state index contributed by atoms with van der Waals surface area (Å²) in [5, 5.41) is 0. The molecule has 2 heteroatoms. The second kappa shape index (κ2) is 4.08. The van der Waals surface area contributed by atoms with Crippen LogP contribution in [0.4, 0.5) is 0 Å². The summed E-state index contributed by atoms with van der Waals surface area (Å²) < 4.78 is 6.89. The van der Waals surface area contributed by atoms with Crippen molar-refractivity contribution in [3.63, 3.8) is 0 Å². The van der Waals surface area contributed by atoms with Crippen LogP contribution in [0.5, 0.6) is 5.75 Å². The highest BCUT2D eigenvalue weighted by Gasteiger charge is 2.61. The van der Waals surface area contributed by atoms with E-state index in [0.717, 1.165) is 17.8 Å². The van der Waals surface area contributed by atoms with E-state index in [2.05, 4.69) is 32.6 Å². The van der Waals surface area contributed by atoms with Crippen LogP contribution in [0.3, 0.4) is 0 Å². The van der Waals surface area contributed by atoms with Crippen molar-refractivity contribution in [1.29, 1.82) is 0 Å². The lowest BCUT2D eigenvalue weighted by atomic mass is 9.58. The molecular weight excluding hydrogens is 270 g/mol. The molecule has 1 aliphatic carbocycles. The summed E-state index contributed by atoms with van der Waals surface area (Å²) in [5.41, 5.74) is 7.45. The number of rotatable bonds is 0. The van der Waals surface area contributed by atoms with E-state index in [1.54, 1.807) is 0 Å². The Kier molecular flexibility index (Phi) is 2.49. The fraction of sp³-hybridized carbons (Fsp3) is 0.700. The first kappa shape index (κ1) is 13.4. The normalized spacial score (nSPS) is 41.1. The smallest absolute Gasteiger partial charge is 0.126 e. The molecule has 5 atom stereocenters. The average Bonchev–Trinajstić information content (AvgIpc) is 2.90. The van der Waals surface area contributed by atoms with Crippen molar-refractivity contribution < 1.29 is 4.74 Å². The number of hydrogen-bond acceptors (Lipinski definition) is 2. The van der Waals surface area contributed by atoms with Gasteiger partial charge in [-0.2, -0.15) is 0 Å². The van der Waals surface area contributed by atoms with Gasteiger partial charge in [0, 0.05) is 43.5 Å². The van der Waals surface area contributed by atoms with Crippen LogP contribution in [0.15, 0.2) is 0 Å². The van der Waals surface area contributed by atoms with E-state index < -0.39 is 0 Å². The summed E-state index contributed by atoms with van der Waals surface area (Å²) >= 11 is 0. The van der Waals surface area contributed by atoms with E-state index in [1.165, 1.54) is 72.5 Å². The average molecular weight is 297 g/mol. The first-order valence-electron chi connectivity index (χ1n) is 9.00. The Bertz CT molecular complexity index is 608. The molecule has 0 N–H and O–H groups in total. The van der Waals surface area contributed by atoms with Gasteiger partial charge in [0.05, 0.1) is 0 Å². The minimum atomic E-state index is 0.130. The van der Waals surface area contributed by atoms with Gasteiger partial charge in [-0.15, -0.1) is 0 Å². The molecule has 118 valence electrons. The first-order chi connectivity index (χ1) is 10.5. The summed E-state index contributed by atoms with van der Waals surface area (Å²) in [6.07, 6.45) is 3.97. The third kappa shape index (κ3) is 1.45. The van der Waals surface area contributed by atoms with E-state index in [0.29, 0.717) is 0 Å². The Morgan fingerprint density at radius 1 is 0.864 bits per heavy atom. The molecule has 1 aromatic rings. The predicted molar refractivity (Wildman–Crippen MR) is 88.6 cm³/mol. The first-order valence-corrected chi connectivity index (χ1v) is 9.00. The summed E-state index contributed by atoms with van der Waals surface area (Å²) in [6, 6.07) is 0. The molecule has 4 bridgehead atoms. The largest absolute Gasteiger partial charge is 0.486 e. The minimum absolute atomic E-state index is 0.130. The number of benzene rings is 1. The van der Waals surface area contributed by atoms with Gasteiger partial charge in [0.15, 0.2) is 0 Å². The molecular formula is C20H27NO. The lowest BCUT2D eigenvalue weighted by molar-refractivity contribution is -0.158. The Balaban J connectivity index is 1.63. The second-order valence-corrected chi connectivity index (χ2v) is 8.49. The summed E-state index contributed by atoms with van der Waals surface area (Å²) in [4.78, 5) is 2.71. The highest BCUT2D eigenvalue weighted by molar-refractivity contribution is 5.57. The summed E-state index contributed by atoms with van der Waals surface area (Å²) in [6.45, 7) is 13.0. The van der Waals surface area contributed by atoms with Crippen LogP contribution in [0.2, 0.25) is 0 Å². The highest BCUT2D eigenvalue weighted by atomic mass is 16.5. The van der Waals surface area contributed by atoms with E-state index >= 15 is 0 Å². The molecule has 1 saturated carbocycles. The van der Waals surface area contributed by atoms with Gasteiger partial charge in [0.2, 0.25) is 0 Å². The molecule has 1 unspecified atom stereocenters. The summed E-state index contributed by atoms with van der Waals surface area (Å²) in [7, 11) is 0. The van der Waals surface area contributed by atoms with Crippen LogP contribution >= 0.6 is 0 Å². The van der Waals surface area contributed by atoms with Crippen LogP contribution in [0.1, 0.15) is 40.7 Å². The zero-order valence-electron chi connectivity index (χ0n) is 14.3. The highest BCUT2D eigenvalue weighted by Crippen LogP contribution is 2.57. The van der Waals surface area contributed by atoms with Gasteiger partial charge in [0.1, 0.15) is 11.4 Å². The maximum Gasteiger partial charge on any atom is 0.126 e. The van der Waals surface area contributed by atoms with Gasteiger partial charge in [-0.1, -0.05) is 0 Å². The van der Waals surface area contributed by atoms with Crippen LogP contribution in [-0.4, -0.2) is 30.1 Å². The Morgan fingerprint density at radius 2 is 1.50 bits per heavy atom. The van der Waals surface area contributed by atoms with Crippen molar-refractivity contribution in [3.05, 3.63) is 27.8 Å². The van der Waals surface area contributed by atoms with E-state index in [9.17, 15) is 0 Å². The molecule has 4 fully saturated rings. The lowest BCUT2D eigenvalue weighted by Crippen LogP contribution is -2.68. The molecule has 5 aliphatic rings. The quantitative estimate of drug-likeness (QED) is 0.726. The van der Waals surface area contributed by atoms with Gasteiger partial charge in [0.25, 0.3) is 0 Å². The molecule has 4 aliphatic heterocycles. The lowest BCUT2D eigenvalue weighted by Gasteiger charge is -2.60. The van der Waals surface area contributed by atoms with Crippen molar-refractivity contribution in [3.8, 4) is 5.75 Å². The number of hydrogen-bond donors (Lipinski definition) is 0. The zero-order valence-corrected chi connectivity index (χ0v) is 14.3. The van der Waals surface area contributed by atoms with Crippen molar-refractivity contribution in [1.82, 2.24) is 4.90 Å². The van der Waals surface area contributed by atoms with Gasteiger partial charge in [-0.05, 0) is 68.7 Å². The van der Waals surface area contributed by atoms with Crippen molar-refractivity contribution in [2.75, 3.05) is 19.6 Å². The number of ether oxygens (including phenoxy) is 1. The molecule has 1 aromatic carbocycles. The van der Waals surface area contributed by atoms with Crippen LogP contribution in [0.25, 0.3) is 0 Å². The molecule has 4 heterocycles. The standard InChI is InChI=1S/C20H27NO/c1-11-12(2)14(4)19-18(13(11)3)7-20(22-19)16-5-15-6-17(20)10-21(8-15)9-16/h15-17H,5-10H2,1-4H3/t15-,16-,17+,20-. The van der Waals surface area contributed by atoms with Crippen LogP contribution in [-0.2, 0) is 6.42 Å². The maximum atomic E-state index is 6.89. The third-order valence-corrected chi connectivity index (χ3v) is 7.59. The number of nitrogens with zero attached hydrogens (tertiary/aromatic N) is 1. The molecule has 2 nitrogen and oxygen atoms in total. The summed E-state index contributed by atoms with van der Waals surface area (Å²) in [5.74, 6) is 3.71. The molecule has 6 rings (SSSR count). The number of piperidine rings is 3. The second-order valence-electron chi connectivity index (χ2n) is 8.49. The van der Waals surface area contributed by atoms with Gasteiger partial charge >= 0.3 is 0 Å². The van der Waals surface area contributed by atoms with Gasteiger partial charge < -0.3 is 9.64 Å². The van der Waals surface area contributed by atoms with E-state index in [-0.39, 0.29) is 5.60 Å². The Hall–Kier alpha value is -1.02. The predicted octanol–water partition coefficient (Wildman–Crippen LogP) is 3.57. The molecule has 0 aromatic heterocycles. The monoisotopic (exact) mass is 297 g/mol. The molecule has 0 amide bonds. The SMILES string of the molecule is Cc1c(C)c(C)c2c(c1C)C[C@@]1(O2)[C@@H]2C[C@@H]3C[C@H]1CN(C3)C2. The minimum Gasteiger partial charge on any atom is -0.486 e. The molecule has 1 spiro atoms. The van der Waals surface area contributed by atoms with Crippen molar-refractivity contribution in [2.24, 2.45) is 17.8 Å². The third-order valence-electron chi connectivity index (χ3n) is 7.59. The Labute approximate surface area is 133 Å². The molecule has 3 saturated heterocycles. The molecule has 0 radical (unpaired) electrons. The van der Waals surface area contributed by atoms with Crippen molar-refractivity contribution >= 4 is 0 Å². The van der Waals surface area contributed by atoms with E-state index in [4.69, 9.17) is 4.74 Å². The van der Waals surface area contributed by atoms with Crippen LogP contribution in [0, 0.1) is 45.4 Å².